The summed E-state index contributed by atoms with van der Waals surface area (Å²) in [5, 5.41) is 0. The zero-order valence-electron chi connectivity index (χ0n) is 6.08. The van der Waals surface area contributed by atoms with Crippen molar-refractivity contribution in [3.63, 3.8) is 0 Å². The van der Waals surface area contributed by atoms with Gasteiger partial charge in [-0.3, -0.25) is 4.79 Å². The summed E-state index contributed by atoms with van der Waals surface area (Å²) in [5.41, 5.74) is 0. The summed E-state index contributed by atoms with van der Waals surface area (Å²) in [4.78, 5) is 10.4. The van der Waals surface area contributed by atoms with Crippen LogP contribution in [0.5, 0.6) is 5.75 Å². The van der Waals surface area contributed by atoms with Gasteiger partial charge in [-0.15, -0.1) is 0 Å². The fraction of sp³-hybridized carbons (Fsp3) is 0.125. The predicted molar refractivity (Wildman–Crippen MR) is 37.8 cm³/mol. The van der Waals surface area contributed by atoms with Crippen molar-refractivity contribution in [1.29, 1.82) is 0 Å². The number of carbonyl (C=O) groups excluding carboxylic acids is 1. The van der Waals surface area contributed by atoms with E-state index in [9.17, 15) is 4.79 Å². The first-order valence-electron chi connectivity index (χ1n) is 3.02. The van der Waals surface area contributed by atoms with E-state index in [1.165, 1.54) is 6.92 Å². The van der Waals surface area contributed by atoms with E-state index in [-0.39, 0.29) is 23.0 Å². The van der Waals surface area contributed by atoms with Gasteiger partial charge in [-0.1, -0.05) is 18.2 Å². The third-order valence-electron chi connectivity index (χ3n) is 1.00. The van der Waals surface area contributed by atoms with Gasteiger partial charge in [0, 0.05) is 24.0 Å². The van der Waals surface area contributed by atoms with Gasteiger partial charge in [0.2, 0.25) is 0 Å². The van der Waals surface area contributed by atoms with Gasteiger partial charge in [-0.25, -0.2) is 0 Å². The number of carbonyl (C=O) groups is 1. The second-order valence-corrected chi connectivity index (χ2v) is 1.91. The Hall–Kier alpha value is -0.791. The van der Waals surface area contributed by atoms with E-state index < -0.39 is 0 Å². The molecule has 11 heavy (non-hydrogen) atoms. The molecular weight excluding hydrogens is 183 g/mol. The van der Waals surface area contributed by atoms with Crippen molar-refractivity contribution in [3.05, 3.63) is 30.3 Å². The molecule has 0 amide bonds. The van der Waals surface area contributed by atoms with Crippen LogP contribution < -0.4 is 4.74 Å². The molecule has 0 heterocycles. The second-order valence-electron chi connectivity index (χ2n) is 1.91. The maximum Gasteiger partial charge on any atom is 0.308 e. The number of para-hydroxylation sites is 1. The third-order valence-corrected chi connectivity index (χ3v) is 1.00. The van der Waals surface area contributed by atoms with E-state index in [2.05, 4.69) is 0 Å². The predicted octanol–water partition coefficient (Wildman–Crippen LogP) is 1.61. The van der Waals surface area contributed by atoms with Crippen molar-refractivity contribution >= 4 is 5.97 Å². The van der Waals surface area contributed by atoms with Crippen LogP contribution in [0.25, 0.3) is 0 Å². The molecule has 1 aromatic carbocycles. The SMILES string of the molecule is CC(=O)Oc1ccccc1.[Mn]. The number of hydrogen-bond donors (Lipinski definition) is 0. The summed E-state index contributed by atoms with van der Waals surface area (Å²) < 4.78 is 4.78. The van der Waals surface area contributed by atoms with E-state index in [4.69, 9.17) is 4.74 Å². The number of rotatable bonds is 1. The number of benzene rings is 1. The molecule has 0 saturated heterocycles. The molecule has 2 nitrogen and oxygen atoms in total. The zero-order chi connectivity index (χ0) is 7.40. The van der Waals surface area contributed by atoms with E-state index in [1.807, 2.05) is 18.2 Å². The quantitative estimate of drug-likeness (QED) is 0.383. The van der Waals surface area contributed by atoms with Gasteiger partial charge < -0.3 is 4.74 Å². The van der Waals surface area contributed by atoms with Gasteiger partial charge in [0.15, 0.2) is 0 Å². The number of esters is 1. The minimum Gasteiger partial charge on any atom is -0.427 e. The van der Waals surface area contributed by atoms with E-state index in [0.717, 1.165) is 0 Å². The normalized spacial score (nSPS) is 8.09. The molecule has 0 unspecified atom stereocenters. The summed E-state index contributed by atoms with van der Waals surface area (Å²) in [6.07, 6.45) is 0. The van der Waals surface area contributed by atoms with E-state index in [1.54, 1.807) is 12.1 Å². The van der Waals surface area contributed by atoms with Gasteiger partial charge in [-0.2, -0.15) is 0 Å². The molecule has 59 valence electrons. The van der Waals surface area contributed by atoms with Crippen molar-refractivity contribution in [3.8, 4) is 5.75 Å². The van der Waals surface area contributed by atoms with Crippen molar-refractivity contribution in [1.82, 2.24) is 0 Å². The van der Waals surface area contributed by atoms with E-state index in [0.29, 0.717) is 5.75 Å². The molecule has 0 aromatic heterocycles. The molecule has 0 aliphatic rings. The minimum atomic E-state index is -0.286. The van der Waals surface area contributed by atoms with Crippen LogP contribution in [0.15, 0.2) is 30.3 Å². The Morgan fingerprint density at radius 3 is 2.27 bits per heavy atom. The summed E-state index contributed by atoms with van der Waals surface area (Å²) in [5.74, 6) is 0.307. The largest absolute Gasteiger partial charge is 0.427 e. The smallest absolute Gasteiger partial charge is 0.308 e. The Bertz CT molecular complexity index is 221. The Balaban J connectivity index is 0.000001000. The minimum absolute atomic E-state index is 0. The van der Waals surface area contributed by atoms with Crippen molar-refractivity contribution in [2.45, 2.75) is 6.92 Å². The standard InChI is InChI=1S/C8H8O2.Mn/c1-7(9)10-8-5-3-2-4-6-8;/h2-6H,1H3;. The molecule has 3 heteroatoms. The molecule has 0 N–H and O–H groups in total. The monoisotopic (exact) mass is 191 g/mol. The molecule has 1 rings (SSSR count). The summed E-state index contributed by atoms with van der Waals surface area (Å²) in [6.45, 7) is 1.38. The van der Waals surface area contributed by atoms with E-state index >= 15 is 0 Å². The molecule has 0 saturated carbocycles. The Morgan fingerprint density at radius 1 is 1.27 bits per heavy atom. The van der Waals surface area contributed by atoms with Crippen molar-refractivity contribution in [2.75, 3.05) is 0 Å². The maximum atomic E-state index is 10.4. The van der Waals surface area contributed by atoms with Crippen LogP contribution in [-0.2, 0) is 21.9 Å². The van der Waals surface area contributed by atoms with Crippen LogP contribution in [0.1, 0.15) is 6.92 Å². The first-order valence-corrected chi connectivity index (χ1v) is 3.02. The fourth-order valence-corrected chi connectivity index (χ4v) is 0.655. The maximum absolute atomic E-state index is 10.4. The Labute approximate surface area is 76.0 Å². The molecule has 0 spiro atoms. The van der Waals surface area contributed by atoms with Crippen LogP contribution in [0, 0.1) is 0 Å². The summed E-state index contributed by atoms with van der Waals surface area (Å²) in [7, 11) is 0. The van der Waals surface area contributed by atoms with Gasteiger partial charge in [0.25, 0.3) is 0 Å². The van der Waals surface area contributed by atoms with Gasteiger partial charge in [0.05, 0.1) is 0 Å². The molecule has 0 atom stereocenters. The average molecular weight is 191 g/mol. The molecule has 0 aliphatic heterocycles. The topological polar surface area (TPSA) is 26.3 Å². The average Bonchev–Trinajstić information content (AvgIpc) is 1.88. The summed E-state index contributed by atoms with van der Waals surface area (Å²) in [6, 6.07) is 8.98. The van der Waals surface area contributed by atoms with Crippen LogP contribution in [0.2, 0.25) is 0 Å². The van der Waals surface area contributed by atoms with Crippen LogP contribution in [-0.4, -0.2) is 5.97 Å². The molecule has 1 radical (unpaired) electrons. The molecule has 0 fully saturated rings. The molecule has 0 bridgehead atoms. The van der Waals surface area contributed by atoms with Crippen LogP contribution in [0.3, 0.4) is 0 Å². The third kappa shape index (κ3) is 3.81. The van der Waals surface area contributed by atoms with Crippen LogP contribution >= 0.6 is 0 Å². The first-order chi connectivity index (χ1) is 4.79. The Kier molecular flexibility index (Phi) is 4.58. The fourth-order valence-electron chi connectivity index (χ4n) is 0.655. The van der Waals surface area contributed by atoms with Gasteiger partial charge >= 0.3 is 5.97 Å². The second kappa shape index (κ2) is 4.94. The molecule has 1 aromatic rings. The summed E-state index contributed by atoms with van der Waals surface area (Å²) >= 11 is 0. The molecular formula is C8H8MnO2. The van der Waals surface area contributed by atoms with Crippen molar-refractivity contribution in [2.24, 2.45) is 0 Å². The molecule has 0 aliphatic carbocycles. The first kappa shape index (κ1) is 10.2. The number of ether oxygens (including phenoxy) is 1. The van der Waals surface area contributed by atoms with Crippen molar-refractivity contribution < 1.29 is 26.6 Å². The van der Waals surface area contributed by atoms with Gasteiger partial charge in [0.1, 0.15) is 5.75 Å². The van der Waals surface area contributed by atoms with Crippen LogP contribution in [0.4, 0.5) is 0 Å². The Morgan fingerprint density at radius 2 is 1.82 bits per heavy atom. The zero-order valence-corrected chi connectivity index (χ0v) is 7.26. The number of hydrogen-bond acceptors (Lipinski definition) is 2. The van der Waals surface area contributed by atoms with Gasteiger partial charge in [-0.05, 0) is 12.1 Å².